The molecule has 18 heavy (non-hydrogen) atoms. The van der Waals surface area contributed by atoms with Gasteiger partial charge in [0.05, 0.1) is 5.60 Å². The van der Waals surface area contributed by atoms with Gasteiger partial charge in [0.1, 0.15) is 0 Å². The molecule has 1 aliphatic rings. The van der Waals surface area contributed by atoms with Gasteiger partial charge in [-0.25, -0.2) is 0 Å². The van der Waals surface area contributed by atoms with E-state index in [-0.39, 0.29) is 5.54 Å². The molecule has 0 aliphatic carbocycles. The van der Waals surface area contributed by atoms with E-state index in [1.807, 2.05) is 0 Å². The first-order valence-corrected chi connectivity index (χ1v) is 6.86. The average molecular weight is 247 g/mol. The lowest BCUT2D eigenvalue weighted by Crippen LogP contribution is -2.50. The van der Waals surface area contributed by atoms with Crippen LogP contribution in [0.5, 0.6) is 0 Å². The van der Waals surface area contributed by atoms with Gasteiger partial charge >= 0.3 is 0 Å². The molecule has 2 rings (SSSR count). The Labute approximate surface area is 111 Å². The fraction of sp³-hybridized carbons (Fsp3) is 0.625. The molecule has 0 unspecified atom stereocenters. The predicted molar refractivity (Wildman–Crippen MR) is 75.6 cm³/mol. The van der Waals surface area contributed by atoms with Gasteiger partial charge in [0, 0.05) is 18.6 Å². The zero-order valence-corrected chi connectivity index (χ0v) is 12.0. The van der Waals surface area contributed by atoms with Crippen LogP contribution in [0.1, 0.15) is 44.7 Å². The summed E-state index contributed by atoms with van der Waals surface area (Å²) in [5.41, 5.74) is 1.89. The number of aryl methyl sites for hydroxylation is 1. The lowest BCUT2D eigenvalue weighted by molar-refractivity contribution is -0.0461. The maximum atomic E-state index is 10.8. The number of aliphatic hydroxyl groups is 1. The summed E-state index contributed by atoms with van der Waals surface area (Å²) in [6.45, 7) is 10.7. The smallest absolute Gasteiger partial charge is 0.0920 e. The van der Waals surface area contributed by atoms with Crippen LogP contribution in [0.3, 0.4) is 0 Å². The van der Waals surface area contributed by atoms with E-state index in [9.17, 15) is 5.11 Å². The molecule has 1 fully saturated rings. The Kier molecular flexibility index (Phi) is 3.52. The van der Waals surface area contributed by atoms with Crippen LogP contribution in [0.25, 0.3) is 0 Å². The number of hydrogen-bond acceptors (Lipinski definition) is 2. The zero-order valence-electron chi connectivity index (χ0n) is 12.0. The third kappa shape index (κ3) is 2.76. The third-order valence-electron chi connectivity index (χ3n) is 4.13. The Bertz CT molecular complexity index is 394. The van der Waals surface area contributed by atoms with Crippen molar-refractivity contribution in [3.63, 3.8) is 0 Å². The van der Waals surface area contributed by atoms with E-state index < -0.39 is 5.60 Å². The fourth-order valence-electron chi connectivity index (χ4n) is 2.70. The highest BCUT2D eigenvalue weighted by molar-refractivity contribution is 5.27. The number of nitrogens with zero attached hydrogens (tertiary/aromatic N) is 1. The summed E-state index contributed by atoms with van der Waals surface area (Å²) in [4.78, 5) is 2.45. The highest BCUT2D eigenvalue weighted by Crippen LogP contribution is 2.34. The first kappa shape index (κ1) is 13.6. The summed E-state index contributed by atoms with van der Waals surface area (Å²) in [6, 6.07) is 8.32. The van der Waals surface area contributed by atoms with Gasteiger partial charge < -0.3 is 5.11 Å². The molecule has 100 valence electrons. The van der Waals surface area contributed by atoms with Gasteiger partial charge in [-0.3, -0.25) is 4.90 Å². The van der Waals surface area contributed by atoms with E-state index in [2.05, 4.69) is 56.9 Å². The van der Waals surface area contributed by atoms with Gasteiger partial charge in [0.25, 0.3) is 0 Å². The number of benzene rings is 1. The third-order valence-corrected chi connectivity index (χ3v) is 4.13. The second-order valence-electron chi connectivity index (χ2n) is 6.56. The molecule has 0 radical (unpaired) electrons. The zero-order chi connectivity index (χ0) is 13.4. The van der Waals surface area contributed by atoms with E-state index in [0.717, 1.165) is 31.5 Å². The largest absolute Gasteiger partial charge is 0.385 e. The monoisotopic (exact) mass is 247 g/mol. The summed E-state index contributed by atoms with van der Waals surface area (Å²) < 4.78 is 0. The SMILES string of the molecule is Cc1ccc(C2(O)CCN(C(C)(C)C)CC2)cc1. The van der Waals surface area contributed by atoms with Crippen LogP contribution >= 0.6 is 0 Å². The van der Waals surface area contributed by atoms with Gasteiger partial charge in [0.2, 0.25) is 0 Å². The van der Waals surface area contributed by atoms with E-state index in [1.54, 1.807) is 0 Å². The number of likely N-dealkylation sites (tertiary alicyclic amines) is 1. The standard InChI is InChI=1S/C16H25NO/c1-13-5-7-14(8-6-13)16(18)9-11-17(12-10-16)15(2,3)4/h5-8,18H,9-12H2,1-4H3. The molecule has 2 nitrogen and oxygen atoms in total. The maximum absolute atomic E-state index is 10.8. The van der Waals surface area contributed by atoms with Crippen LogP contribution in [0.2, 0.25) is 0 Å². The van der Waals surface area contributed by atoms with Crippen LogP contribution in [0.15, 0.2) is 24.3 Å². The van der Waals surface area contributed by atoms with Gasteiger partial charge in [-0.2, -0.15) is 0 Å². The summed E-state index contributed by atoms with van der Waals surface area (Å²) in [7, 11) is 0. The van der Waals surface area contributed by atoms with Crippen LogP contribution in [-0.4, -0.2) is 28.6 Å². The van der Waals surface area contributed by atoms with Crippen LogP contribution in [-0.2, 0) is 5.60 Å². The van der Waals surface area contributed by atoms with Crippen molar-refractivity contribution in [1.29, 1.82) is 0 Å². The highest BCUT2D eigenvalue weighted by atomic mass is 16.3. The molecule has 0 amide bonds. The molecule has 2 heteroatoms. The van der Waals surface area contributed by atoms with Gasteiger partial charge in [-0.15, -0.1) is 0 Å². The van der Waals surface area contributed by atoms with Crippen molar-refractivity contribution in [1.82, 2.24) is 4.90 Å². The summed E-state index contributed by atoms with van der Waals surface area (Å²) in [5, 5.41) is 10.8. The second kappa shape index (κ2) is 4.67. The van der Waals surface area contributed by atoms with Crippen molar-refractivity contribution in [3.8, 4) is 0 Å². The lowest BCUT2D eigenvalue weighted by Gasteiger charge is -2.44. The van der Waals surface area contributed by atoms with Gasteiger partial charge in [-0.1, -0.05) is 29.8 Å². The Morgan fingerprint density at radius 3 is 2.00 bits per heavy atom. The van der Waals surface area contributed by atoms with E-state index in [1.165, 1.54) is 5.56 Å². The average Bonchev–Trinajstić information content (AvgIpc) is 2.29. The predicted octanol–water partition coefficient (Wildman–Crippen LogP) is 3.08. The minimum absolute atomic E-state index is 0.203. The number of hydrogen-bond donors (Lipinski definition) is 1. The molecule has 1 saturated heterocycles. The van der Waals surface area contributed by atoms with Crippen LogP contribution in [0.4, 0.5) is 0 Å². The molecular weight excluding hydrogens is 222 g/mol. The first-order valence-electron chi connectivity index (χ1n) is 6.86. The first-order chi connectivity index (χ1) is 8.31. The molecule has 1 N–H and O–H groups in total. The van der Waals surface area contributed by atoms with Crippen molar-refractivity contribution in [3.05, 3.63) is 35.4 Å². The van der Waals surface area contributed by atoms with Crippen molar-refractivity contribution in [2.75, 3.05) is 13.1 Å². The van der Waals surface area contributed by atoms with Crippen molar-refractivity contribution in [2.45, 2.75) is 51.7 Å². The molecule has 0 aromatic heterocycles. The minimum Gasteiger partial charge on any atom is -0.385 e. The lowest BCUT2D eigenvalue weighted by atomic mass is 9.83. The van der Waals surface area contributed by atoms with E-state index in [0.29, 0.717) is 0 Å². The molecular formula is C16H25NO. The number of piperidine rings is 1. The Morgan fingerprint density at radius 2 is 1.56 bits per heavy atom. The maximum Gasteiger partial charge on any atom is 0.0920 e. The molecule has 0 bridgehead atoms. The molecule has 0 atom stereocenters. The summed E-state index contributed by atoms with van der Waals surface area (Å²) in [6.07, 6.45) is 1.65. The van der Waals surface area contributed by atoms with E-state index >= 15 is 0 Å². The summed E-state index contributed by atoms with van der Waals surface area (Å²) in [5.74, 6) is 0. The number of rotatable bonds is 1. The molecule has 1 aromatic carbocycles. The van der Waals surface area contributed by atoms with Gasteiger partial charge in [-0.05, 0) is 46.1 Å². The normalized spacial score (nSPS) is 20.9. The Hall–Kier alpha value is -0.860. The van der Waals surface area contributed by atoms with Crippen molar-refractivity contribution in [2.24, 2.45) is 0 Å². The molecule has 0 saturated carbocycles. The molecule has 1 aromatic rings. The summed E-state index contributed by atoms with van der Waals surface area (Å²) >= 11 is 0. The highest BCUT2D eigenvalue weighted by Gasteiger charge is 2.36. The van der Waals surface area contributed by atoms with Crippen LogP contribution in [0, 0.1) is 6.92 Å². The van der Waals surface area contributed by atoms with Crippen LogP contribution < -0.4 is 0 Å². The second-order valence-corrected chi connectivity index (χ2v) is 6.56. The molecule has 1 aliphatic heterocycles. The quantitative estimate of drug-likeness (QED) is 0.824. The van der Waals surface area contributed by atoms with Crippen molar-refractivity contribution < 1.29 is 5.11 Å². The topological polar surface area (TPSA) is 23.5 Å². The Morgan fingerprint density at radius 1 is 1.06 bits per heavy atom. The fourth-order valence-corrected chi connectivity index (χ4v) is 2.70. The Balaban J connectivity index is 2.10. The van der Waals surface area contributed by atoms with Gasteiger partial charge in [0.15, 0.2) is 0 Å². The van der Waals surface area contributed by atoms with Crippen molar-refractivity contribution >= 4 is 0 Å². The minimum atomic E-state index is -0.630. The van der Waals surface area contributed by atoms with E-state index in [4.69, 9.17) is 0 Å². The molecule has 0 spiro atoms. The molecule has 1 heterocycles.